The monoisotopic (exact) mass is 361 g/mol. The molecule has 1 aliphatic carbocycles. The highest BCUT2D eigenvalue weighted by Crippen LogP contribution is 2.32. The average molecular weight is 361 g/mol. The van der Waals surface area contributed by atoms with E-state index in [0.717, 1.165) is 47.9 Å². The van der Waals surface area contributed by atoms with E-state index in [4.69, 9.17) is 4.74 Å². The summed E-state index contributed by atoms with van der Waals surface area (Å²) >= 11 is 0. The lowest BCUT2D eigenvalue weighted by atomic mass is 10.0. The Hall–Kier alpha value is -3.02. The van der Waals surface area contributed by atoms with Crippen molar-refractivity contribution in [3.05, 3.63) is 60.4 Å². The summed E-state index contributed by atoms with van der Waals surface area (Å²) in [4.78, 5) is 17.2. The fourth-order valence-corrected chi connectivity index (χ4v) is 2.86. The first kappa shape index (κ1) is 17.4. The lowest BCUT2D eigenvalue weighted by Gasteiger charge is -2.17. The molecule has 1 aliphatic rings. The zero-order valence-electron chi connectivity index (χ0n) is 15.6. The van der Waals surface area contributed by atoms with Crippen LogP contribution in [0.4, 0.5) is 5.82 Å². The number of pyridine rings is 2. The summed E-state index contributed by atoms with van der Waals surface area (Å²) in [5.74, 6) is 1.95. The maximum atomic E-state index is 5.99. The van der Waals surface area contributed by atoms with Crippen LogP contribution in [0.3, 0.4) is 0 Å². The lowest BCUT2D eigenvalue weighted by molar-refractivity contribution is 0.297. The Labute approximate surface area is 159 Å². The quantitative estimate of drug-likeness (QED) is 0.686. The van der Waals surface area contributed by atoms with Crippen molar-refractivity contribution in [1.29, 1.82) is 0 Å². The first-order valence-corrected chi connectivity index (χ1v) is 9.28. The number of ether oxygens (including phenoxy) is 1. The largest absolute Gasteiger partial charge is 0.489 e. The second-order valence-electron chi connectivity index (χ2n) is 6.99. The van der Waals surface area contributed by atoms with E-state index in [1.54, 1.807) is 6.33 Å². The van der Waals surface area contributed by atoms with E-state index in [1.807, 2.05) is 49.8 Å². The molecule has 1 saturated carbocycles. The number of hydrogen-bond donors (Lipinski definition) is 1. The van der Waals surface area contributed by atoms with Gasteiger partial charge in [0.15, 0.2) is 0 Å². The van der Waals surface area contributed by atoms with Gasteiger partial charge in [0.25, 0.3) is 0 Å². The van der Waals surface area contributed by atoms with Crippen molar-refractivity contribution in [1.82, 2.24) is 19.9 Å². The smallest absolute Gasteiger partial charge is 0.141 e. The molecule has 4 rings (SSSR count). The minimum absolute atomic E-state index is 0.265. The van der Waals surface area contributed by atoms with Crippen LogP contribution in [0, 0.1) is 6.92 Å². The number of anilines is 1. The van der Waals surface area contributed by atoms with Crippen molar-refractivity contribution < 1.29 is 4.74 Å². The van der Waals surface area contributed by atoms with E-state index in [-0.39, 0.29) is 5.92 Å². The van der Waals surface area contributed by atoms with Crippen molar-refractivity contribution in [3.8, 4) is 17.0 Å². The van der Waals surface area contributed by atoms with Gasteiger partial charge in [0.2, 0.25) is 0 Å². The molecule has 0 radical (unpaired) electrons. The molecule has 0 aliphatic heterocycles. The van der Waals surface area contributed by atoms with Gasteiger partial charge in [-0.3, -0.25) is 9.97 Å². The van der Waals surface area contributed by atoms with E-state index in [9.17, 15) is 0 Å². The molecule has 1 N–H and O–H groups in total. The van der Waals surface area contributed by atoms with Crippen LogP contribution in [0.25, 0.3) is 11.3 Å². The molecule has 27 heavy (non-hydrogen) atoms. The highest BCUT2D eigenvalue weighted by atomic mass is 16.5. The number of aromatic nitrogens is 4. The van der Waals surface area contributed by atoms with Crippen LogP contribution >= 0.6 is 0 Å². The van der Waals surface area contributed by atoms with E-state index in [1.165, 1.54) is 5.56 Å². The van der Waals surface area contributed by atoms with E-state index in [2.05, 4.69) is 32.2 Å². The molecule has 0 saturated heterocycles. The van der Waals surface area contributed by atoms with Crippen LogP contribution in [0.15, 0.2) is 49.2 Å². The number of nitrogens with zero attached hydrogens (tertiary/aromatic N) is 4. The summed E-state index contributed by atoms with van der Waals surface area (Å²) in [7, 11) is 0. The molecule has 1 atom stereocenters. The van der Waals surface area contributed by atoms with Crippen LogP contribution < -0.4 is 10.1 Å². The third-order valence-electron chi connectivity index (χ3n) is 4.63. The first-order chi connectivity index (χ1) is 13.2. The predicted molar refractivity (Wildman–Crippen MR) is 105 cm³/mol. The average Bonchev–Trinajstić information content (AvgIpc) is 3.51. The minimum Gasteiger partial charge on any atom is -0.489 e. The van der Waals surface area contributed by atoms with Crippen LogP contribution in [-0.4, -0.2) is 32.6 Å². The first-order valence-electron chi connectivity index (χ1n) is 9.28. The van der Waals surface area contributed by atoms with Gasteiger partial charge in [-0.25, -0.2) is 9.97 Å². The topological polar surface area (TPSA) is 72.8 Å². The Bertz CT molecular complexity index is 908. The van der Waals surface area contributed by atoms with Crippen molar-refractivity contribution in [2.45, 2.75) is 38.7 Å². The SMILES string of the molecule is Cc1ccc(-c2cc(NCC(C)c3ccncc3OC3CC3)ncn2)cn1. The summed E-state index contributed by atoms with van der Waals surface area (Å²) in [6.45, 7) is 4.89. The second kappa shape index (κ2) is 7.70. The summed E-state index contributed by atoms with van der Waals surface area (Å²) in [6.07, 6.45) is 9.69. The maximum Gasteiger partial charge on any atom is 0.141 e. The molecule has 3 heterocycles. The fraction of sp³-hybridized carbons (Fsp3) is 0.333. The molecule has 3 aromatic heterocycles. The second-order valence-corrected chi connectivity index (χ2v) is 6.99. The predicted octanol–water partition coefficient (Wildman–Crippen LogP) is 4.00. The number of aryl methyl sites for hydroxylation is 1. The minimum atomic E-state index is 0.265. The van der Waals surface area contributed by atoms with Gasteiger partial charge in [0.1, 0.15) is 17.9 Å². The standard InChI is InChI=1S/C21H23N5O/c1-14(18-7-8-22-12-20(18)27-17-5-6-17)10-24-21-9-19(25-13-26-21)16-4-3-15(2)23-11-16/h3-4,7-9,11-14,17H,5-6,10H2,1-2H3,(H,24,25,26). The summed E-state index contributed by atoms with van der Waals surface area (Å²) < 4.78 is 5.99. The third kappa shape index (κ3) is 4.39. The molecule has 138 valence electrons. The normalized spacial score (nSPS) is 14.6. The van der Waals surface area contributed by atoms with Gasteiger partial charge in [0, 0.05) is 47.7 Å². The third-order valence-corrected chi connectivity index (χ3v) is 4.63. The van der Waals surface area contributed by atoms with Gasteiger partial charge in [-0.2, -0.15) is 0 Å². The van der Waals surface area contributed by atoms with E-state index >= 15 is 0 Å². The van der Waals surface area contributed by atoms with E-state index in [0.29, 0.717) is 6.10 Å². The molecule has 0 bridgehead atoms. The van der Waals surface area contributed by atoms with Crippen molar-refractivity contribution in [2.75, 3.05) is 11.9 Å². The molecule has 0 aromatic carbocycles. The Morgan fingerprint density at radius 2 is 2.04 bits per heavy atom. The molecule has 1 unspecified atom stereocenters. The Balaban J connectivity index is 1.44. The number of rotatable bonds is 7. The summed E-state index contributed by atoms with van der Waals surface area (Å²) in [5, 5.41) is 3.41. The van der Waals surface area contributed by atoms with Crippen LogP contribution in [-0.2, 0) is 0 Å². The maximum absolute atomic E-state index is 5.99. The zero-order valence-corrected chi connectivity index (χ0v) is 15.6. The summed E-state index contributed by atoms with van der Waals surface area (Å²) in [5.41, 5.74) is 3.99. The van der Waals surface area contributed by atoms with Gasteiger partial charge in [0.05, 0.1) is 18.0 Å². The number of hydrogen-bond acceptors (Lipinski definition) is 6. The highest BCUT2D eigenvalue weighted by molar-refractivity contribution is 5.61. The Morgan fingerprint density at radius 3 is 2.81 bits per heavy atom. The Morgan fingerprint density at radius 1 is 1.15 bits per heavy atom. The van der Waals surface area contributed by atoms with Crippen molar-refractivity contribution >= 4 is 5.82 Å². The van der Waals surface area contributed by atoms with Gasteiger partial charge < -0.3 is 10.1 Å². The molecule has 0 amide bonds. The summed E-state index contributed by atoms with van der Waals surface area (Å²) in [6, 6.07) is 7.99. The lowest BCUT2D eigenvalue weighted by Crippen LogP contribution is -2.13. The van der Waals surface area contributed by atoms with Gasteiger partial charge >= 0.3 is 0 Å². The van der Waals surface area contributed by atoms with Gasteiger partial charge in [-0.05, 0) is 38.0 Å². The van der Waals surface area contributed by atoms with Crippen LogP contribution in [0.2, 0.25) is 0 Å². The van der Waals surface area contributed by atoms with Crippen molar-refractivity contribution in [3.63, 3.8) is 0 Å². The van der Waals surface area contributed by atoms with Gasteiger partial charge in [-0.15, -0.1) is 0 Å². The molecular formula is C21H23N5O. The fourth-order valence-electron chi connectivity index (χ4n) is 2.86. The van der Waals surface area contributed by atoms with Crippen LogP contribution in [0.1, 0.15) is 36.9 Å². The zero-order chi connectivity index (χ0) is 18.6. The molecule has 6 heteroatoms. The molecule has 1 fully saturated rings. The molecule has 6 nitrogen and oxygen atoms in total. The van der Waals surface area contributed by atoms with E-state index < -0.39 is 0 Å². The van der Waals surface area contributed by atoms with Crippen LogP contribution in [0.5, 0.6) is 5.75 Å². The molecule has 0 spiro atoms. The van der Waals surface area contributed by atoms with Crippen molar-refractivity contribution in [2.24, 2.45) is 0 Å². The highest BCUT2D eigenvalue weighted by Gasteiger charge is 2.25. The molecule has 3 aromatic rings. The van der Waals surface area contributed by atoms with Gasteiger partial charge in [-0.1, -0.05) is 6.92 Å². The Kier molecular flexibility index (Phi) is 4.96. The molecular weight excluding hydrogens is 338 g/mol. The number of nitrogens with one attached hydrogen (secondary N) is 1.